The molecule has 0 amide bonds. The molecular formula is C24H30O4. The van der Waals surface area contributed by atoms with Crippen molar-refractivity contribution in [2.75, 3.05) is 0 Å². The van der Waals surface area contributed by atoms with Crippen LogP contribution in [0, 0.1) is 19.8 Å². The largest absolute Gasteiger partial charge is 0.458 e. The number of hydrogen-bond donors (Lipinski definition) is 0. The van der Waals surface area contributed by atoms with E-state index in [0.717, 1.165) is 11.1 Å². The van der Waals surface area contributed by atoms with Crippen LogP contribution in [-0.4, -0.2) is 24.1 Å². The summed E-state index contributed by atoms with van der Waals surface area (Å²) in [6.07, 6.45) is 0.642. The molecule has 4 heteroatoms. The molecule has 2 atom stereocenters. The Morgan fingerprint density at radius 2 is 1.04 bits per heavy atom. The van der Waals surface area contributed by atoms with E-state index in [4.69, 9.17) is 9.47 Å². The third-order valence-corrected chi connectivity index (χ3v) is 5.07. The highest BCUT2D eigenvalue weighted by Gasteiger charge is 2.30. The predicted molar refractivity (Wildman–Crippen MR) is 111 cm³/mol. The molecular weight excluding hydrogens is 352 g/mol. The molecule has 0 saturated carbocycles. The number of benzene rings is 2. The number of esters is 2. The number of carbonyl (C=O) groups excluding carboxylic acids is 2. The molecule has 0 saturated heterocycles. The van der Waals surface area contributed by atoms with Gasteiger partial charge in [0.25, 0.3) is 0 Å². The highest BCUT2D eigenvalue weighted by molar-refractivity contribution is 5.90. The Hall–Kier alpha value is -2.62. The second kappa shape index (κ2) is 10.1. The van der Waals surface area contributed by atoms with E-state index in [1.165, 1.54) is 0 Å². The van der Waals surface area contributed by atoms with E-state index in [0.29, 0.717) is 24.0 Å². The summed E-state index contributed by atoms with van der Waals surface area (Å²) in [6, 6.07) is 14.6. The summed E-state index contributed by atoms with van der Waals surface area (Å²) in [5.74, 6) is -0.810. The molecule has 0 spiro atoms. The molecule has 0 bridgehead atoms. The van der Waals surface area contributed by atoms with Gasteiger partial charge in [-0.1, -0.05) is 56.2 Å². The van der Waals surface area contributed by atoms with Crippen LogP contribution in [0.5, 0.6) is 0 Å². The lowest BCUT2D eigenvalue weighted by molar-refractivity contribution is -0.0299. The van der Waals surface area contributed by atoms with E-state index >= 15 is 0 Å². The van der Waals surface area contributed by atoms with Crippen molar-refractivity contribution in [1.82, 2.24) is 0 Å². The molecule has 0 aliphatic heterocycles. The summed E-state index contributed by atoms with van der Waals surface area (Å²) in [7, 11) is 0. The van der Waals surface area contributed by atoms with E-state index in [2.05, 4.69) is 0 Å². The molecule has 0 radical (unpaired) electrons. The maximum absolute atomic E-state index is 12.5. The van der Waals surface area contributed by atoms with Gasteiger partial charge >= 0.3 is 11.9 Å². The van der Waals surface area contributed by atoms with E-state index in [1.54, 1.807) is 24.3 Å². The first-order chi connectivity index (χ1) is 13.3. The van der Waals surface area contributed by atoms with Crippen LogP contribution in [0.3, 0.4) is 0 Å². The van der Waals surface area contributed by atoms with Crippen LogP contribution in [0.15, 0.2) is 48.5 Å². The standard InChI is InChI=1S/C24H30O4/c1-6-21(27-23(25)19-12-8-16(3)9-13-19)18(5)22(7-2)28-24(26)20-14-10-17(4)11-15-20/h8-15,18,21-22H,6-7H2,1-5H3. The average Bonchev–Trinajstić information content (AvgIpc) is 2.70. The SMILES string of the molecule is CCC(OC(=O)c1ccc(C)cc1)C(C)C(CC)OC(=O)c1ccc(C)cc1. The Bertz CT molecular complexity index is 710. The second-order valence-corrected chi connectivity index (χ2v) is 7.30. The molecule has 0 N–H and O–H groups in total. The molecule has 2 rings (SSSR count). The predicted octanol–water partition coefficient (Wildman–Crippen LogP) is 5.51. The highest BCUT2D eigenvalue weighted by Crippen LogP contribution is 2.23. The lowest BCUT2D eigenvalue weighted by Gasteiger charge is -2.29. The summed E-state index contributed by atoms with van der Waals surface area (Å²) < 4.78 is 11.5. The minimum Gasteiger partial charge on any atom is -0.458 e. The van der Waals surface area contributed by atoms with Crippen molar-refractivity contribution in [1.29, 1.82) is 0 Å². The zero-order valence-corrected chi connectivity index (χ0v) is 17.4. The maximum Gasteiger partial charge on any atom is 0.338 e. The number of hydrogen-bond acceptors (Lipinski definition) is 4. The van der Waals surface area contributed by atoms with E-state index in [-0.39, 0.29) is 30.1 Å². The van der Waals surface area contributed by atoms with Crippen molar-refractivity contribution in [2.24, 2.45) is 5.92 Å². The number of rotatable bonds is 8. The quantitative estimate of drug-likeness (QED) is 0.565. The molecule has 150 valence electrons. The average molecular weight is 383 g/mol. The fourth-order valence-electron chi connectivity index (χ4n) is 3.15. The third-order valence-electron chi connectivity index (χ3n) is 5.07. The molecule has 4 nitrogen and oxygen atoms in total. The van der Waals surface area contributed by atoms with Crippen molar-refractivity contribution < 1.29 is 19.1 Å². The van der Waals surface area contributed by atoms with E-state index in [9.17, 15) is 9.59 Å². The molecule has 2 aromatic rings. The zero-order chi connectivity index (χ0) is 20.7. The van der Waals surface area contributed by atoms with E-state index < -0.39 is 0 Å². The van der Waals surface area contributed by atoms with Crippen molar-refractivity contribution in [2.45, 2.75) is 59.7 Å². The highest BCUT2D eigenvalue weighted by atomic mass is 16.6. The summed E-state index contributed by atoms with van der Waals surface area (Å²) >= 11 is 0. The zero-order valence-electron chi connectivity index (χ0n) is 17.4. The first-order valence-corrected chi connectivity index (χ1v) is 9.91. The van der Waals surface area contributed by atoms with Crippen molar-refractivity contribution in [3.8, 4) is 0 Å². The van der Waals surface area contributed by atoms with Crippen LogP contribution < -0.4 is 0 Å². The van der Waals surface area contributed by atoms with Crippen LogP contribution in [0.25, 0.3) is 0 Å². The van der Waals surface area contributed by atoms with Crippen molar-refractivity contribution in [3.05, 3.63) is 70.8 Å². The molecule has 2 unspecified atom stereocenters. The lowest BCUT2D eigenvalue weighted by atomic mass is 9.94. The summed E-state index contributed by atoms with van der Waals surface area (Å²) in [5.41, 5.74) is 3.24. The van der Waals surface area contributed by atoms with Gasteiger partial charge in [0.2, 0.25) is 0 Å². The first-order valence-electron chi connectivity index (χ1n) is 9.91. The third kappa shape index (κ3) is 5.69. The summed E-state index contributed by atoms with van der Waals surface area (Å²) in [4.78, 5) is 25.0. The van der Waals surface area contributed by atoms with Crippen LogP contribution in [0.4, 0.5) is 0 Å². The topological polar surface area (TPSA) is 52.6 Å². The monoisotopic (exact) mass is 382 g/mol. The van der Waals surface area contributed by atoms with Gasteiger partial charge in [0, 0.05) is 5.92 Å². The molecule has 2 aromatic carbocycles. The van der Waals surface area contributed by atoms with Gasteiger partial charge < -0.3 is 9.47 Å². The smallest absolute Gasteiger partial charge is 0.338 e. The van der Waals surface area contributed by atoms with Crippen LogP contribution in [-0.2, 0) is 9.47 Å². The van der Waals surface area contributed by atoms with Gasteiger partial charge in [-0.05, 0) is 51.0 Å². The van der Waals surface area contributed by atoms with Crippen LogP contribution in [0.1, 0.15) is 65.5 Å². The molecule has 0 aliphatic carbocycles. The van der Waals surface area contributed by atoms with Gasteiger partial charge in [0.15, 0.2) is 0 Å². The van der Waals surface area contributed by atoms with Gasteiger partial charge in [-0.25, -0.2) is 9.59 Å². The molecule has 28 heavy (non-hydrogen) atoms. The lowest BCUT2D eigenvalue weighted by Crippen LogP contribution is -2.35. The molecule has 0 heterocycles. The fraction of sp³-hybridized carbons (Fsp3) is 0.417. The summed E-state index contributed by atoms with van der Waals surface area (Å²) in [5, 5.41) is 0. The first kappa shape index (κ1) is 21.7. The molecule has 0 fully saturated rings. The number of carbonyl (C=O) groups is 2. The van der Waals surface area contributed by atoms with Gasteiger partial charge in [0.1, 0.15) is 12.2 Å². The Morgan fingerprint density at radius 3 is 1.32 bits per heavy atom. The van der Waals surface area contributed by atoms with Gasteiger partial charge in [-0.3, -0.25) is 0 Å². The Balaban J connectivity index is 2.04. The Labute approximate surface area is 167 Å². The Kier molecular flexibility index (Phi) is 7.80. The maximum atomic E-state index is 12.5. The van der Waals surface area contributed by atoms with Gasteiger partial charge in [-0.2, -0.15) is 0 Å². The Morgan fingerprint density at radius 1 is 0.714 bits per heavy atom. The summed E-state index contributed by atoms with van der Waals surface area (Å²) in [6.45, 7) is 9.85. The van der Waals surface area contributed by atoms with E-state index in [1.807, 2.05) is 58.9 Å². The van der Waals surface area contributed by atoms with Crippen molar-refractivity contribution >= 4 is 11.9 Å². The normalized spacial score (nSPS) is 14.0. The fourth-order valence-corrected chi connectivity index (χ4v) is 3.15. The van der Waals surface area contributed by atoms with Gasteiger partial charge in [-0.15, -0.1) is 0 Å². The second-order valence-electron chi connectivity index (χ2n) is 7.30. The minimum absolute atomic E-state index is 0.112. The molecule has 0 aliphatic rings. The number of aryl methyl sites for hydroxylation is 2. The van der Waals surface area contributed by atoms with Crippen molar-refractivity contribution in [3.63, 3.8) is 0 Å². The minimum atomic E-state index is -0.349. The number of ether oxygens (including phenoxy) is 2. The molecule has 0 aromatic heterocycles. The van der Waals surface area contributed by atoms with Crippen LogP contribution in [0.2, 0.25) is 0 Å². The van der Waals surface area contributed by atoms with Gasteiger partial charge in [0.05, 0.1) is 11.1 Å². The van der Waals surface area contributed by atoms with Crippen LogP contribution >= 0.6 is 0 Å².